The quantitative estimate of drug-likeness (QED) is 0.473. The van der Waals surface area contributed by atoms with E-state index in [2.05, 4.69) is 25.7 Å². The SMILES string of the molecule is O=C1NN=CC(=N/N=C\c2cccnc2)C1Cl. The van der Waals surface area contributed by atoms with Crippen LogP contribution in [0.25, 0.3) is 0 Å². The molecule has 1 aromatic heterocycles. The van der Waals surface area contributed by atoms with Crippen LogP contribution < -0.4 is 5.43 Å². The molecule has 6 nitrogen and oxygen atoms in total. The third-order valence-corrected chi connectivity index (χ3v) is 2.35. The van der Waals surface area contributed by atoms with Gasteiger partial charge in [0.1, 0.15) is 5.71 Å². The second-order valence-electron chi connectivity index (χ2n) is 3.15. The van der Waals surface area contributed by atoms with Gasteiger partial charge in [-0.1, -0.05) is 6.07 Å². The van der Waals surface area contributed by atoms with Gasteiger partial charge in [0.15, 0.2) is 5.38 Å². The van der Waals surface area contributed by atoms with Gasteiger partial charge in [-0.2, -0.15) is 15.3 Å². The van der Waals surface area contributed by atoms with Crippen molar-refractivity contribution in [3.63, 3.8) is 0 Å². The summed E-state index contributed by atoms with van der Waals surface area (Å²) in [5.74, 6) is -0.413. The van der Waals surface area contributed by atoms with Gasteiger partial charge >= 0.3 is 0 Å². The summed E-state index contributed by atoms with van der Waals surface area (Å²) in [5, 5.41) is 10.4. The molecule has 1 aliphatic heterocycles. The molecule has 1 unspecified atom stereocenters. The van der Waals surface area contributed by atoms with Gasteiger partial charge < -0.3 is 0 Å². The molecule has 0 radical (unpaired) electrons. The first-order valence-electron chi connectivity index (χ1n) is 4.75. The second-order valence-corrected chi connectivity index (χ2v) is 3.59. The van der Waals surface area contributed by atoms with Crippen molar-refractivity contribution in [3.05, 3.63) is 30.1 Å². The molecule has 0 bridgehead atoms. The maximum atomic E-state index is 11.1. The highest BCUT2D eigenvalue weighted by atomic mass is 35.5. The summed E-state index contributed by atoms with van der Waals surface area (Å²) >= 11 is 5.79. The second kappa shape index (κ2) is 5.31. The topological polar surface area (TPSA) is 79.1 Å². The van der Waals surface area contributed by atoms with Crippen LogP contribution in [0.1, 0.15) is 5.56 Å². The van der Waals surface area contributed by atoms with E-state index in [-0.39, 0.29) is 0 Å². The first kappa shape index (κ1) is 11.4. The first-order chi connectivity index (χ1) is 8.27. The maximum absolute atomic E-state index is 11.1. The fourth-order valence-electron chi connectivity index (χ4n) is 1.11. The van der Waals surface area contributed by atoms with E-state index >= 15 is 0 Å². The number of nitrogens with zero attached hydrogens (tertiary/aromatic N) is 4. The van der Waals surface area contributed by atoms with E-state index in [4.69, 9.17) is 11.6 Å². The van der Waals surface area contributed by atoms with Crippen LogP contribution in [-0.2, 0) is 4.79 Å². The molecule has 0 aliphatic carbocycles. The van der Waals surface area contributed by atoms with Crippen molar-refractivity contribution in [2.45, 2.75) is 5.38 Å². The molecule has 1 atom stereocenters. The van der Waals surface area contributed by atoms with Gasteiger partial charge in [0.25, 0.3) is 5.91 Å². The number of halogens is 1. The van der Waals surface area contributed by atoms with Crippen LogP contribution >= 0.6 is 11.6 Å². The van der Waals surface area contributed by atoms with Crippen LogP contribution in [-0.4, -0.2) is 34.4 Å². The summed E-state index contributed by atoms with van der Waals surface area (Å²) in [4.78, 5) is 15.1. The number of pyridine rings is 1. The third kappa shape index (κ3) is 2.94. The lowest BCUT2D eigenvalue weighted by atomic mass is 10.2. The van der Waals surface area contributed by atoms with Gasteiger partial charge in [0.05, 0.1) is 12.4 Å². The minimum absolute atomic E-state index is 0.301. The number of hydrazone groups is 1. The molecule has 7 heteroatoms. The lowest BCUT2D eigenvalue weighted by Gasteiger charge is -2.10. The average molecular weight is 250 g/mol. The molecule has 2 heterocycles. The maximum Gasteiger partial charge on any atom is 0.264 e. The van der Waals surface area contributed by atoms with E-state index in [1.54, 1.807) is 18.5 Å². The number of hydrogen-bond acceptors (Lipinski definition) is 5. The van der Waals surface area contributed by atoms with Crippen molar-refractivity contribution in [1.82, 2.24) is 10.4 Å². The van der Waals surface area contributed by atoms with Gasteiger partial charge in [-0.05, 0) is 6.07 Å². The molecular weight excluding hydrogens is 242 g/mol. The van der Waals surface area contributed by atoms with Gasteiger partial charge in [-0.25, -0.2) is 5.43 Å². The fourth-order valence-corrected chi connectivity index (χ4v) is 1.26. The Balaban J connectivity index is 2.11. The van der Waals surface area contributed by atoms with Crippen molar-refractivity contribution < 1.29 is 4.79 Å². The highest BCUT2D eigenvalue weighted by Gasteiger charge is 2.23. The first-order valence-corrected chi connectivity index (χ1v) is 5.19. The van der Waals surface area contributed by atoms with Crippen LogP contribution in [0.5, 0.6) is 0 Å². The monoisotopic (exact) mass is 249 g/mol. The van der Waals surface area contributed by atoms with Gasteiger partial charge in [0, 0.05) is 18.0 Å². The Kier molecular flexibility index (Phi) is 3.56. The van der Waals surface area contributed by atoms with Crippen LogP contribution in [0.15, 0.2) is 39.8 Å². The van der Waals surface area contributed by atoms with Crippen molar-refractivity contribution in [3.8, 4) is 0 Å². The van der Waals surface area contributed by atoms with Gasteiger partial charge in [0.2, 0.25) is 0 Å². The van der Waals surface area contributed by atoms with Gasteiger partial charge in [-0.15, -0.1) is 11.6 Å². The van der Waals surface area contributed by atoms with Crippen LogP contribution in [0, 0.1) is 0 Å². The molecule has 1 aromatic rings. The largest absolute Gasteiger partial charge is 0.271 e. The Morgan fingerprint density at radius 1 is 1.53 bits per heavy atom. The Labute approximate surface area is 102 Å². The van der Waals surface area contributed by atoms with E-state index in [0.29, 0.717) is 5.71 Å². The van der Waals surface area contributed by atoms with Crippen molar-refractivity contribution in [2.24, 2.45) is 15.3 Å². The zero-order chi connectivity index (χ0) is 12.1. The number of hydrogen-bond donors (Lipinski definition) is 1. The van der Waals surface area contributed by atoms with E-state index < -0.39 is 11.3 Å². The van der Waals surface area contributed by atoms with E-state index in [1.165, 1.54) is 12.4 Å². The van der Waals surface area contributed by atoms with Crippen molar-refractivity contribution in [2.75, 3.05) is 0 Å². The number of amides is 1. The van der Waals surface area contributed by atoms with E-state index in [1.807, 2.05) is 6.07 Å². The summed E-state index contributed by atoms with van der Waals surface area (Å²) in [7, 11) is 0. The molecule has 1 amide bonds. The summed E-state index contributed by atoms with van der Waals surface area (Å²) in [6.45, 7) is 0. The number of carbonyl (C=O) groups excluding carboxylic acids is 1. The lowest BCUT2D eigenvalue weighted by Crippen LogP contribution is -2.38. The van der Waals surface area contributed by atoms with Crippen LogP contribution in [0.3, 0.4) is 0 Å². The molecule has 1 aliphatic rings. The summed E-state index contributed by atoms with van der Waals surface area (Å²) in [6.07, 6.45) is 6.18. The predicted octanol–water partition coefficient (Wildman–Crippen LogP) is 0.579. The number of alkyl halides is 1. The highest BCUT2D eigenvalue weighted by molar-refractivity contribution is 6.54. The zero-order valence-corrected chi connectivity index (χ0v) is 9.37. The summed E-state index contributed by atoms with van der Waals surface area (Å²) in [6, 6.07) is 3.62. The summed E-state index contributed by atoms with van der Waals surface area (Å²) in [5.41, 5.74) is 3.33. The standard InChI is InChI=1S/C10H8ClN5O/c11-9-8(6-14-16-10(9)17)15-13-5-7-2-1-3-12-4-7/h1-6,9H,(H,16,17)/b13-5-,15-8?. The molecule has 86 valence electrons. The molecule has 1 N–H and O–H groups in total. The highest BCUT2D eigenvalue weighted by Crippen LogP contribution is 2.02. The Morgan fingerprint density at radius 2 is 2.41 bits per heavy atom. The average Bonchev–Trinajstić information content (AvgIpc) is 2.36. The number of carbonyl (C=O) groups is 1. The number of rotatable bonds is 2. The lowest BCUT2D eigenvalue weighted by molar-refractivity contribution is -0.119. The smallest absolute Gasteiger partial charge is 0.264 e. The Morgan fingerprint density at radius 3 is 3.18 bits per heavy atom. The van der Waals surface area contributed by atoms with Crippen molar-refractivity contribution in [1.29, 1.82) is 0 Å². The van der Waals surface area contributed by atoms with Crippen molar-refractivity contribution >= 4 is 35.6 Å². The molecule has 0 spiro atoms. The molecule has 0 aromatic carbocycles. The van der Waals surface area contributed by atoms with Crippen LogP contribution in [0.2, 0.25) is 0 Å². The Hall–Kier alpha value is -2.08. The normalized spacial score (nSPS) is 22.1. The van der Waals surface area contributed by atoms with E-state index in [9.17, 15) is 4.79 Å². The fraction of sp³-hybridized carbons (Fsp3) is 0.100. The molecule has 0 fully saturated rings. The molecule has 17 heavy (non-hydrogen) atoms. The zero-order valence-electron chi connectivity index (χ0n) is 8.62. The Bertz CT molecular complexity index is 497. The minimum atomic E-state index is -0.862. The van der Waals surface area contributed by atoms with E-state index in [0.717, 1.165) is 5.56 Å². The molecule has 0 saturated heterocycles. The molecule has 2 rings (SSSR count). The molecule has 0 saturated carbocycles. The third-order valence-electron chi connectivity index (χ3n) is 1.93. The van der Waals surface area contributed by atoms with Gasteiger partial charge in [-0.3, -0.25) is 9.78 Å². The minimum Gasteiger partial charge on any atom is -0.271 e. The number of nitrogens with one attached hydrogen (secondary N) is 1. The van der Waals surface area contributed by atoms with Crippen LogP contribution in [0.4, 0.5) is 0 Å². The predicted molar refractivity (Wildman–Crippen MR) is 65.5 cm³/mol. The number of aromatic nitrogens is 1. The summed E-state index contributed by atoms with van der Waals surface area (Å²) < 4.78 is 0. The molecular formula is C10H8ClN5O.